The Morgan fingerprint density at radius 1 is 1.33 bits per heavy atom. The number of likely N-dealkylation sites (tertiary alicyclic amines) is 1. The van der Waals surface area contributed by atoms with E-state index in [0.29, 0.717) is 18.9 Å². The molecule has 2 aliphatic rings. The van der Waals surface area contributed by atoms with Crippen LogP contribution in [0.5, 0.6) is 0 Å². The summed E-state index contributed by atoms with van der Waals surface area (Å²) in [5.41, 5.74) is 0. The van der Waals surface area contributed by atoms with Crippen molar-refractivity contribution in [2.45, 2.75) is 38.1 Å². The van der Waals surface area contributed by atoms with E-state index in [1.165, 1.54) is 4.88 Å². The number of fused-ring (bicyclic) bond motifs is 1. The minimum atomic E-state index is 0.0341. The van der Waals surface area contributed by atoms with Crippen LogP contribution in [0.3, 0.4) is 0 Å². The number of rotatable bonds is 6. The second kappa shape index (κ2) is 7.09. The van der Waals surface area contributed by atoms with Crippen molar-refractivity contribution in [2.24, 2.45) is 5.92 Å². The molecule has 3 atom stereocenters. The molecule has 4 heterocycles. The zero-order chi connectivity index (χ0) is 16.4. The molecule has 2 aromatic heterocycles. The molecule has 24 heavy (non-hydrogen) atoms. The third-order valence-corrected chi connectivity index (χ3v) is 5.66. The molecule has 2 saturated heterocycles. The van der Waals surface area contributed by atoms with E-state index >= 15 is 0 Å². The number of thiophene rings is 1. The highest BCUT2D eigenvalue weighted by Crippen LogP contribution is 2.35. The van der Waals surface area contributed by atoms with Crippen LogP contribution in [-0.4, -0.2) is 36.1 Å². The van der Waals surface area contributed by atoms with Gasteiger partial charge in [0.05, 0.1) is 31.4 Å². The highest BCUT2D eigenvalue weighted by atomic mass is 32.1. The monoisotopic (exact) mass is 346 g/mol. The fourth-order valence-corrected chi connectivity index (χ4v) is 4.46. The molecular weight excluding hydrogens is 324 g/mol. The lowest BCUT2D eigenvalue weighted by molar-refractivity contribution is -0.124. The van der Waals surface area contributed by atoms with Crippen LogP contribution in [0.1, 0.15) is 23.5 Å². The summed E-state index contributed by atoms with van der Waals surface area (Å²) >= 11 is 1.81. The van der Waals surface area contributed by atoms with Crippen LogP contribution < -0.4 is 5.32 Å². The number of carbonyl (C=O) groups is 1. The first kappa shape index (κ1) is 15.9. The molecule has 0 bridgehead atoms. The molecule has 4 rings (SSSR count). The number of hydrogen-bond donors (Lipinski definition) is 1. The quantitative estimate of drug-likeness (QED) is 0.874. The molecule has 0 radical (unpaired) electrons. The Labute approximate surface area is 145 Å². The van der Waals surface area contributed by atoms with Gasteiger partial charge in [0.1, 0.15) is 5.76 Å². The van der Waals surface area contributed by atoms with Gasteiger partial charge in [-0.3, -0.25) is 9.69 Å². The smallest absolute Gasteiger partial charge is 0.222 e. The summed E-state index contributed by atoms with van der Waals surface area (Å²) in [4.78, 5) is 15.9. The Morgan fingerprint density at radius 3 is 3.04 bits per heavy atom. The minimum absolute atomic E-state index is 0.0341. The summed E-state index contributed by atoms with van der Waals surface area (Å²) < 4.78 is 11.3. The van der Waals surface area contributed by atoms with Crippen LogP contribution in [0.2, 0.25) is 0 Å². The van der Waals surface area contributed by atoms with Gasteiger partial charge >= 0.3 is 0 Å². The summed E-state index contributed by atoms with van der Waals surface area (Å²) in [7, 11) is 0. The van der Waals surface area contributed by atoms with Crippen molar-refractivity contribution >= 4 is 17.2 Å². The maximum absolute atomic E-state index is 12.0. The fraction of sp³-hybridized carbons (Fsp3) is 0.500. The third kappa shape index (κ3) is 3.71. The molecule has 0 aromatic carbocycles. The van der Waals surface area contributed by atoms with E-state index in [1.54, 1.807) is 6.26 Å². The standard InChI is InChI=1S/C18H22N2O3S/c21-18(19-9-14-3-1-5-22-14)8-15-7-13-10-20(12-17(13)23-15)11-16-4-2-6-24-16/h1-6,13,15,17H,7-12H2,(H,19,21)/t13-,15+,17+/m1/s1. The zero-order valence-electron chi connectivity index (χ0n) is 13.5. The van der Waals surface area contributed by atoms with Crippen molar-refractivity contribution in [1.82, 2.24) is 10.2 Å². The van der Waals surface area contributed by atoms with Gasteiger partial charge in [-0.2, -0.15) is 0 Å². The molecule has 0 unspecified atom stereocenters. The molecule has 0 spiro atoms. The van der Waals surface area contributed by atoms with E-state index < -0.39 is 0 Å². The van der Waals surface area contributed by atoms with E-state index in [0.717, 1.165) is 31.8 Å². The van der Waals surface area contributed by atoms with Gasteiger partial charge in [-0.1, -0.05) is 6.07 Å². The second-order valence-electron chi connectivity index (χ2n) is 6.63. The zero-order valence-corrected chi connectivity index (χ0v) is 14.3. The molecule has 5 nitrogen and oxygen atoms in total. The predicted molar refractivity (Wildman–Crippen MR) is 91.5 cm³/mol. The van der Waals surface area contributed by atoms with Crippen LogP contribution >= 0.6 is 11.3 Å². The first-order chi connectivity index (χ1) is 11.8. The predicted octanol–water partition coefficient (Wildman–Crippen LogP) is 2.64. The molecule has 1 N–H and O–H groups in total. The maximum atomic E-state index is 12.0. The topological polar surface area (TPSA) is 54.7 Å². The van der Waals surface area contributed by atoms with Crippen LogP contribution in [0, 0.1) is 5.92 Å². The van der Waals surface area contributed by atoms with Crippen molar-refractivity contribution in [1.29, 1.82) is 0 Å². The van der Waals surface area contributed by atoms with E-state index in [4.69, 9.17) is 9.15 Å². The fourth-order valence-electron chi connectivity index (χ4n) is 3.71. The number of amides is 1. The van der Waals surface area contributed by atoms with Crippen molar-refractivity contribution in [3.63, 3.8) is 0 Å². The Hall–Kier alpha value is -1.63. The molecule has 6 heteroatoms. The van der Waals surface area contributed by atoms with Crippen molar-refractivity contribution in [3.8, 4) is 0 Å². The summed E-state index contributed by atoms with van der Waals surface area (Å²) in [6.45, 7) is 3.52. The normalized spacial score (nSPS) is 26.6. The van der Waals surface area contributed by atoms with Gasteiger partial charge < -0.3 is 14.5 Å². The highest BCUT2D eigenvalue weighted by molar-refractivity contribution is 7.09. The van der Waals surface area contributed by atoms with E-state index in [-0.39, 0.29) is 18.1 Å². The molecule has 128 valence electrons. The van der Waals surface area contributed by atoms with Crippen LogP contribution in [0.25, 0.3) is 0 Å². The summed E-state index contributed by atoms with van der Waals surface area (Å²) in [6, 6.07) is 7.97. The lowest BCUT2D eigenvalue weighted by Gasteiger charge is -2.18. The first-order valence-corrected chi connectivity index (χ1v) is 9.33. The van der Waals surface area contributed by atoms with Crippen molar-refractivity contribution in [2.75, 3.05) is 13.1 Å². The minimum Gasteiger partial charge on any atom is -0.467 e. The first-order valence-electron chi connectivity index (χ1n) is 8.45. The van der Waals surface area contributed by atoms with Gasteiger partial charge in [0.15, 0.2) is 0 Å². The highest BCUT2D eigenvalue weighted by Gasteiger charge is 2.42. The Bertz CT molecular complexity index is 642. The number of carbonyl (C=O) groups excluding carboxylic acids is 1. The van der Waals surface area contributed by atoms with Crippen LogP contribution in [0.15, 0.2) is 40.3 Å². The average Bonchev–Trinajstić information content (AvgIpc) is 3.30. The molecule has 2 fully saturated rings. The van der Waals surface area contributed by atoms with Gasteiger partial charge in [0.25, 0.3) is 0 Å². The molecule has 2 aliphatic heterocycles. The van der Waals surface area contributed by atoms with Gasteiger partial charge in [-0.05, 0) is 30.0 Å². The number of furan rings is 1. The SMILES string of the molecule is O=C(C[C@@H]1C[C@@H]2CN(Cc3cccs3)C[C@@H]2O1)NCc1ccco1. The summed E-state index contributed by atoms with van der Waals surface area (Å²) in [5, 5.41) is 5.02. The second-order valence-corrected chi connectivity index (χ2v) is 7.66. The number of hydrogen-bond acceptors (Lipinski definition) is 5. The lowest BCUT2D eigenvalue weighted by atomic mass is 10.0. The number of ether oxygens (including phenoxy) is 1. The van der Waals surface area contributed by atoms with Gasteiger partial charge in [-0.15, -0.1) is 11.3 Å². The molecule has 2 aromatic rings. The third-order valence-electron chi connectivity index (χ3n) is 4.80. The van der Waals surface area contributed by atoms with Gasteiger partial charge in [-0.25, -0.2) is 0 Å². The molecule has 0 saturated carbocycles. The Kier molecular flexibility index (Phi) is 4.69. The summed E-state index contributed by atoms with van der Waals surface area (Å²) in [6.07, 6.45) is 3.39. The largest absolute Gasteiger partial charge is 0.467 e. The lowest BCUT2D eigenvalue weighted by Crippen LogP contribution is -2.29. The Balaban J connectivity index is 1.20. The van der Waals surface area contributed by atoms with Crippen LogP contribution in [-0.2, 0) is 22.6 Å². The van der Waals surface area contributed by atoms with Crippen molar-refractivity contribution in [3.05, 3.63) is 46.5 Å². The Morgan fingerprint density at radius 2 is 2.29 bits per heavy atom. The number of nitrogens with one attached hydrogen (secondary N) is 1. The van der Waals surface area contributed by atoms with Gasteiger partial charge in [0, 0.05) is 30.4 Å². The molecule has 0 aliphatic carbocycles. The molecule has 1 amide bonds. The maximum Gasteiger partial charge on any atom is 0.222 e. The average molecular weight is 346 g/mol. The van der Waals surface area contributed by atoms with E-state index in [9.17, 15) is 4.79 Å². The number of nitrogens with zero attached hydrogens (tertiary/aromatic N) is 1. The molecular formula is C18H22N2O3S. The van der Waals surface area contributed by atoms with Crippen LogP contribution in [0.4, 0.5) is 0 Å². The van der Waals surface area contributed by atoms with E-state index in [2.05, 4.69) is 27.7 Å². The van der Waals surface area contributed by atoms with Crippen molar-refractivity contribution < 1.29 is 13.9 Å². The van der Waals surface area contributed by atoms with Gasteiger partial charge in [0.2, 0.25) is 5.91 Å². The summed E-state index contributed by atoms with van der Waals surface area (Å²) in [5.74, 6) is 1.37. The van der Waals surface area contributed by atoms with E-state index in [1.807, 2.05) is 23.5 Å².